The van der Waals surface area contributed by atoms with Gasteiger partial charge in [0.2, 0.25) is 0 Å². The first-order valence-electron chi connectivity index (χ1n) is 10.4. The van der Waals surface area contributed by atoms with Gasteiger partial charge in [0.25, 0.3) is 5.69 Å². The highest BCUT2D eigenvalue weighted by Crippen LogP contribution is 2.37. The number of rotatable bonds is 9. The van der Waals surface area contributed by atoms with Gasteiger partial charge in [-0.1, -0.05) is 53.0 Å². The predicted octanol–water partition coefficient (Wildman–Crippen LogP) is 5.86. The van der Waals surface area contributed by atoms with Crippen molar-refractivity contribution in [2.75, 3.05) is 11.4 Å². The van der Waals surface area contributed by atoms with Crippen LogP contribution >= 0.6 is 0 Å². The van der Waals surface area contributed by atoms with Gasteiger partial charge in [0.1, 0.15) is 11.5 Å². The Morgan fingerprint density at radius 1 is 1.22 bits per heavy atom. The smallest absolute Gasteiger partial charge is 0.292 e. The lowest BCUT2D eigenvalue weighted by Crippen LogP contribution is -2.39. The van der Waals surface area contributed by atoms with Crippen LogP contribution in [0.15, 0.2) is 18.2 Å². The molecule has 2 rings (SSSR count). The maximum atomic E-state index is 11.9. The van der Waals surface area contributed by atoms with Gasteiger partial charge < -0.3 is 4.90 Å². The van der Waals surface area contributed by atoms with Crippen LogP contribution in [0.5, 0.6) is 0 Å². The van der Waals surface area contributed by atoms with Crippen LogP contribution in [0.3, 0.4) is 0 Å². The van der Waals surface area contributed by atoms with Gasteiger partial charge in [-0.15, -0.1) is 0 Å². The monoisotopic (exact) mass is 374 g/mol. The van der Waals surface area contributed by atoms with Crippen molar-refractivity contribution < 1.29 is 9.72 Å². The second kappa shape index (κ2) is 9.86. The van der Waals surface area contributed by atoms with E-state index >= 15 is 0 Å². The molecule has 1 aliphatic carbocycles. The number of anilines is 1. The first-order chi connectivity index (χ1) is 12.8. The quantitative estimate of drug-likeness (QED) is 0.401. The molecular formula is C22H34N2O3. The Kier molecular flexibility index (Phi) is 7.81. The molecule has 1 saturated carbocycles. The molecule has 1 fully saturated rings. The molecular weight excluding hydrogens is 340 g/mol. The number of nitro groups is 1. The van der Waals surface area contributed by atoms with E-state index in [-0.39, 0.29) is 22.3 Å². The summed E-state index contributed by atoms with van der Waals surface area (Å²) in [5, 5.41) is 11.9. The van der Waals surface area contributed by atoms with Crippen molar-refractivity contribution in [3.05, 3.63) is 33.9 Å². The highest BCUT2D eigenvalue weighted by atomic mass is 16.6. The molecule has 0 saturated heterocycles. The molecule has 5 nitrogen and oxygen atoms in total. The van der Waals surface area contributed by atoms with Crippen molar-refractivity contribution in [1.82, 2.24) is 0 Å². The first-order valence-corrected chi connectivity index (χ1v) is 10.4. The zero-order valence-electron chi connectivity index (χ0n) is 17.2. The molecule has 5 heteroatoms. The minimum atomic E-state index is -0.261. The molecule has 1 aliphatic rings. The fourth-order valence-electron chi connectivity index (χ4n) is 4.07. The summed E-state index contributed by atoms with van der Waals surface area (Å²) in [5.74, 6) is 0.628. The first kappa shape index (κ1) is 21.4. The molecule has 0 aliphatic heterocycles. The zero-order chi connectivity index (χ0) is 20.0. The summed E-state index contributed by atoms with van der Waals surface area (Å²) in [7, 11) is 0. The van der Waals surface area contributed by atoms with E-state index in [2.05, 4.69) is 18.7 Å². The Hall–Kier alpha value is -1.91. The maximum absolute atomic E-state index is 11.9. The third-order valence-electron chi connectivity index (χ3n) is 5.58. The number of nitro benzene ring substituents is 1. The van der Waals surface area contributed by atoms with Crippen LogP contribution in [0.25, 0.3) is 0 Å². The van der Waals surface area contributed by atoms with Crippen LogP contribution in [0.1, 0.15) is 84.1 Å². The number of nitrogens with zero attached hydrogens (tertiary/aromatic N) is 2. The highest BCUT2D eigenvalue weighted by molar-refractivity contribution is 5.79. The summed E-state index contributed by atoms with van der Waals surface area (Å²) in [6.07, 6.45) is 6.80. The van der Waals surface area contributed by atoms with Gasteiger partial charge in [0.15, 0.2) is 0 Å². The van der Waals surface area contributed by atoms with E-state index in [9.17, 15) is 14.9 Å². The van der Waals surface area contributed by atoms with Crippen molar-refractivity contribution >= 4 is 17.2 Å². The van der Waals surface area contributed by atoms with E-state index in [1.165, 1.54) is 19.3 Å². The minimum Gasteiger partial charge on any atom is -0.363 e. The van der Waals surface area contributed by atoms with Crippen molar-refractivity contribution in [2.24, 2.45) is 5.92 Å². The van der Waals surface area contributed by atoms with Crippen molar-refractivity contribution in [1.29, 1.82) is 0 Å². The van der Waals surface area contributed by atoms with E-state index in [4.69, 9.17) is 0 Å². The number of carbonyl (C=O) groups excluding carboxylic acids is 1. The van der Waals surface area contributed by atoms with E-state index in [0.717, 1.165) is 30.6 Å². The summed E-state index contributed by atoms with van der Waals surface area (Å²) in [5.41, 5.74) is 1.79. The summed E-state index contributed by atoms with van der Waals surface area (Å²) >= 11 is 0. The second-order valence-electron chi connectivity index (χ2n) is 8.34. The number of benzene rings is 1. The van der Waals surface area contributed by atoms with Crippen molar-refractivity contribution in [3.63, 3.8) is 0 Å². The van der Waals surface area contributed by atoms with Crippen LogP contribution in [0, 0.1) is 16.0 Å². The molecule has 27 heavy (non-hydrogen) atoms. The van der Waals surface area contributed by atoms with Crippen LogP contribution in [-0.4, -0.2) is 23.3 Å². The molecule has 150 valence electrons. The third kappa shape index (κ3) is 5.78. The van der Waals surface area contributed by atoms with Gasteiger partial charge in [0.05, 0.1) is 4.92 Å². The van der Waals surface area contributed by atoms with E-state index in [1.807, 2.05) is 26.0 Å². The van der Waals surface area contributed by atoms with Gasteiger partial charge >= 0.3 is 0 Å². The van der Waals surface area contributed by atoms with Crippen LogP contribution in [-0.2, 0) is 4.79 Å². The molecule has 0 aromatic heterocycles. The Bertz CT molecular complexity index is 651. The largest absolute Gasteiger partial charge is 0.363 e. The van der Waals surface area contributed by atoms with E-state index in [1.54, 1.807) is 6.07 Å². The lowest BCUT2D eigenvalue weighted by Gasteiger charge is -2.37. The van der Waals surface area contributed by atoms with Gasteiger partial charge in [0, 0.05) is 31.5 Å². The summed E-state index contributed by atoms with van der Waals surface area (Å²) < 4.78 is 0. The third-order valence-corrected chi connectivity index (χ3v) is 5.58. The molecule has 0 N–H and O–H groups in total. The highest BCUT2D eigenvalue weighted by Gasteiger charge is 2.28. The molecule has 1 aromatic carbocycles. The standard InChI is InChI=1S/C22H34N2O3/c1-5-20(25)13-17(4)18-11-12-21(22(14-18)24(26)27)23(15-16(2)3)19-9-7-6-8-10-19/h11-12,14,16-17,19H,5-10,13,15H2,1-4H3. The van der Waals surface area contributed by atoms with Gasteiger partial charge in [-0.3, -0.25) is 14.9 Å². The molecule has 0 spiro atoms. The minimum absolute atomic E-state index is 0.00145. The van der Waals surface area contributed by atoms with Crippen molar-refractivity contribution in [2.45, 2.75) is 84.6 Å². The molecule has 0 radical (unpaired) electrons. The lowest BCUT2D eigenvalue weighted by atomic mass is 9.91. The number of carbonyl (C=O) groups is 1. The SMILES string of the molecule is CCC(=O)CC(C)c1ccc(N(CC(C)C)C2CCCCC2)c([N+](=O)[O-])c1. The van der Waals surface area contributed by atoms with Gasteiger partial charge in [-0.05, 0) is 36.3 Å². The number of Topliss-reactive ketones (excluding diaryl/α,β-unsaturated/α-hetero) is 1. The van der Waals surface area contributed by atoms with E-state index < -0.39 is 0 Å². The van der Waals surface area contributed by atoms with Crippen LogP contribution < -0.4 is 4.90 Å². The normalized spacial score (nSPS) is 16.3. The molecule has 1 aromatic rings. The molecule has 0 heterocycles. The fraction of sp³-hybridized carbons (Fsp3) is 0.682. The molecule has 1 unspecified atom stereocenters. The maximum Gasteiger partial charge on any atom is 0.292 e. The molecule has 0 bridgehead atoms. The Labute approximate surface area is 163 Å². The summed E-state index contributed by atoms with van der Waals surface area (Å²) in [6.45, 7) is 8.98. The van der Waals surface area contributed by atoms with Gasteiger partial charge in [-0.2, -0.15) is 0 Å². The zero-order valence-corrected chi connectivity index (χ0v) is 17.2. The van der Waals surface area contributed by atoms with Crippen LogP contribution in [0.2, 0.25) is 0 Å². The summed E-state index contributed by atoms with van der Waals surface area (Å²) in [4.78, 5) is 25.6. The average molecular weight is 375 g/mol. The number of ketones is 1. The topological polar surface area (TPSA) is 63.5 Å². The predicted molar refractivity (Wildman–Crippen MR) is 110 cm³/mol. The Morgan fingerprint density at radius 3 is 2.44 bits per heavy atom. The van der Waals surface area contributed by atoms with E-state index in [0.29, 0.717) is 24.8 Å². The second-order valence-corrected chi connectivity index (χ2v) is 8.34. The van der Waals surface area contributed by atoms with Gasteiger partial charge in [-0.25, -0.2) is 0 Å². The number of hydrogen-bond donors (Lipinski definition) is 0. The van der Waals surface area contributed by atoms with Crippen molar-refractivity contribution in [3.8, 4) is 0 Å². The number of hydrogen-bond acceptors (Lipinski definition) is 4. The molecule has 1 atom stereocenters. The average Bonchev–Trinajstić information content (AvgIpc) is 2.66. The molecule has 0 amide bonds. The Morgan fingerprint density at radius 2 is 1.89 bits per heavy atom. The van der Waals surface area contributed by atoms with Crippen LogP contribution in [0.4, 0.5) is 11.4 Å². The fourth-order valence-corrected chi connectivity index (χ4v) is 4.07. The summed E-state index contributed by atoms with van der Waals surface area (Å²) in [6, 6.07) is 5.97. The lowest BCUT2D eigenvalue weighted by molar-refractivity contribution is -0.384. The Balaban J connectivity index is 2.37.